The quantitative estimate of drug-likeness (QED) is 0.808. The number of nitrogens with one attached hydrogen (secondary N) is 1. The predicted molar refractivity (Wildman–Crippen MR) is 63.5 cm³/mol. The van der Waals surface area contributed by atoms with Crippen molar-refractivity contribution >= 4 is 5.69 Å². The van der Waals surface area contributed by atoms with Gasteiger partial charge in [-0.15, -0.1) is 0 Å². The maximum Gasteiger partial charge on any atom is 0.160 e. The van der Waals surface area contributed by atoms with Crippen LogP contribution in [0.2, 0.25) is 0 Å². The van der Waals surface area contributed by atoms with E-state index >= 15 is 0 Å². The number of nitrogens with zero attached hydrogens (tertiary/aromatic N) is 1. The van der Waals surface area contributed by atoms with E-state index in [0.29, 0.717) is 5.92 Å². The van der Waals surface area contributed by atoms with Gasteiger partial charge in [-0.05, 0) is 25.3 Å². The maximum atomic E-state index is 5.23. The number of aromatic nitrogens is 1. The lowest BCUT2D eigenvalue weighted by molar-refractivity contribution is 0.414. The summed E-state index contributed by atoms with van der Waals surface area (Å²) in [5.74, 6) is 1.52. The van der Waals surface area contributed by atoms with Gasteiger partial charge in [-0.1, -0.05) is 13.8 Å². The molecular weight excluding hydrogens is 188 g/mol. The number of rotatable bonds is 5. The van der Waals surface area contributed by atoms with Crippen LogP contribution in [0.3, 0.4) is 0 Å². The van der Waals surface area contributed by atoms with Crippen LogP contribution in [0.1, 0.15) is 26.0 Å². The Morgan fingerprint density at radius 2 is 2.20 bits per heavy atom. The molecule has 0 fully saturated rings. The molecule has 1 aromatic heterocycles. The molecule has 0 saturated carbocycles. The van der Waals surface area contributed by atoms with Gasteiger partial charge in [0.2, 0.25) is 0 Å². The van der Waals surface area contributed by atoms with Gasteiger partial charge in [-0.2, -0.15) is 0 Å². The molecule has 0 aromatic carbocycles. The Morgan fingerprint density at radius 3 is 2.80 bits per heavy atom. The van der Waals surface area contributed by atoms with Crippen LogP contribution in [-0.2, 0) is 0 Å². The molecule has 0 atom stereocenters. The molecule has 0 aliphatic carbocycles. The van der Waals surface area contributed by atoms with E-state index in [1.54, 1.807) is 13.3 Å². The second-order valence-corrected chi connectivity index (χ2v) is 4.14. The highest BCUT2D eigenvalue weighted by atomic mass is 16.5. The van der Waals surface area contributed by atoms with Crippen LogP contribution in [0.4, 0.5) is 5.69 Å². The average molecular weight is 208 g/mol. The monoisotopic (exact) mass is 208 g/mol. The van der Waals surface area contributed by atoms with Crippen molar-refractivity contribution in [3.63, 3.8) is 0 Å². The van der Waals surface area contributed by atoms with Gasteiger partial charge in [-0.3, -0.25) is 4.98 Å². The van der Waals surface area contributed by atoms with Crippen LogP contribution >= 0.6 is 0 Å². The predicted octanol–water partition coefficient (Wildman–Crippen LogP) is 2.86. The van der Waals surface area contributed by atoms with E-state index in [2.05, 4.69) is 24.1 Å². The highest BCUT2D eigenvalue weighted by Crippen LogP contribution is 2.23. The minimum absolute atomic E-state index is 0.714. The fraction of sp³-hybridized carbons (Fsp3) is 0.583. The summed E-state index contributed by atoms with van der Waals surface area (Å²) in [4.78, 5) is 4.19. The zero-order valence-corrected chi connectivity index (χ0v) is 10.0. The van der Waals surface area contributed by atoms with Crippen molar-refractivity contribution in [1.29, 1.82) is 0 Å². The molecule has 0 aliphatic rings. The van der Waals surface area contributed by atoms with Gasteiger partial charge in [0.1, 0.15) is 0 Å². The Morgan fingerprint density at radius 1 is 1.47 bits per heavy atom. The first-order valence-corrected chi connectivity index (χ1v) is 5.38. The molecule has 0 spiro atoms. The summed E-state index contributed by atoms with van der Waals surface area (Å²) in [6, 6.07) is 2.01. The van der Waals surface area contributed by atoms with Crippen LogP contribution in [0.5, 0.6) is 5.75 Å². The minimum Gasteiger partial charge on any atom is -0.493 e. The van der Waals surface area contributed by atoms with Gasteiger partial charge >= 0.3 is 0 Å². The Hall–Kier alpha value is -1.25. The van der Waals surface area contributed by atoms with Gasteiger partial charge < -0.3 is 10.1 Å². The van der Waals surface area contributed by atoms with Gasteiger partial charge in [0.15, 0.2) is 5.75 Å². The number of pyridine rings is 1. The lowest BCUT2D eigenvalue weighted by atomic mass is 10.1. The fourth-order valence-corrected chi connectivity index (χ4v) is 1.34. The van der Waals surface area contributed by atoms with Crippen LogP contribution in [0.25, 0.3) is 0 Å². The standard InChI is InChI=1S/C12H20N2O/c1-9(2)5-6-13-11-7-10(3)14-8-12(11)15-4/h7-9H,5-6H2,1-4H3,(H,13,14). The van der Waals surface area contributed by atoms with E-state index in [1.165, 1.54) is 0 Å². The van der Waals surface area contributed by atoms with E-state index in [9.17, 15) is 0 Å². The van der Waals surface area contributed by atoms with E-state index in [0.717, 1.165) is 30.1 Å². The number of aryl methyl sites for hydroxylation is 1. The van der Waals surface area contributed by atoms with Gasteiger partial charge in [-0.25, -0.2) is 0 Å². The number of hydrogen-bond donors (Lipinski definition) is 1. The molecule has 0 saturated heterocycles. The molecule has 3 nitrogen and oxygen atoms in total. The van der Waals surface area contributed by atoms with E-state index in [1.807, 2.05) is 13.0 Å². The summed E-state index contributed by atoms with van der Waals surface area (Å²) in [5.41, 5.74) is 2.04. The lowest BCUT2D eigenvalue weighted by Crippen LogP contribution is -2.06. The molecule has 0 unspecified atom stereocenters. The third kappa shape index (κ3) is 3.78. The van der Waals surface area contributed by atoms with Crippen LogP contribution in [0.15, 0.2) is 12.3 Å². The van der Waals surface area contributed by atoms with Crippen molar-refractivity contribution < 1.29 is 4.74 Å². The van der Waals surface area contributed by atoms with Crippen molar-refractivity contribution in [1.82, 2.24) is 4.98 Å². The summed E-state index contributed by atoms with van der Waals surface area (Å²) < 4.78 is 5.23. The van der Waals surface area contributed by atoms with Crippen molar-refractivity contribution in [2.24, 2.45) is 5.92 Å². The molecule has 3 heteroatoms. The summed E-state index contributed by atoms with van der Waals surface area (Å²) in [6.07, 6.45) is 2.91. The molecule has 1 heterocycles. The normalized spacial score (nSPS) is 10.5. The van der Waals surface area contributed by atoms with E-state index in [4.69, 9.17) is 4.74 Å². The van der Waals surface area contributed by atoms with E-state index < -0.39 is 0 Å². The first-order chi connectivity index (χ1) is 7.13. The summed E-state index contributed by atoms with van der Waals surface area (Å²) >= 11 is 0. The second kappa shape index (κ2) is 5.59. The second-order valence-electron chi connectivity index (χ2n) is 4.14. The third-order valence-electron chi connectivity index (χ3n) is 2.26. The number of ether oxygens (including phenoxy) is 1. The Kier molecular flexibility index (Phi) is 4.40. The van der Waals surface area contributed by atoms with Gasteiger partial charge in [0, 0.05) is 12.2 Å². The average Bonchev–Trinajstić information content (AvgIpc) is 2.17. The summed E-state index contributed by atoms with van der Waals surface area (Å²) in [7, 11) is 1.67. The minimum atomic E-state index is 0.714. The third-order valence-corrected chi connectivity index (χ3v) is 2.26. The molecule has 0 radical (unpaired) electrons. The van der Waals surface area contributed by atoms with Crippen molar-refractivity contribution in [2.75, 3.05) is 19.0 Å². The topological polar surface area (TPSA) is 34.1 Å². The molecule has 15 heavy (non-hydrogen) atoms. The highest BCUT2D eigenvalue weighted by molar-refractivity contribution is 5.55. The molecule has 0 bridgehead atoms. The molecule has 0 amide bonds. The van der Waals surface area contributed by atoms with Gasteiger partial charge in [0.05, 0.1) is 19.0 Å². The van der Waals surface area contributed by atoms with Crippen LogP contribution in [-0.4, -0.2) is 18.6 Å². The first kappa shape index (κ1) is 11.8. The zero-order chi connectivity index (χ0) is 11.3. The summed E-state index contributed by atoms with van der Waals surface area (Å²) in [6.45, 7) is 7.39. The van der Waals surface area contributed by atoms with Crippen molar-refractivity contribution in [2.45, 2.75) is 27.2 Å². The van der Waals surface area contributed by atoms with Crippen LogP contribution in [0, 0.1) is 12.8 Å². The zero-order valence-electron chi connectivity index (χ0n) is 10.0. The Labute approximate surface area is 91.9 Å². The largest absolute Gasteiger partial charge is 0.493 e. The van der Waals surface area contributed by atoms with Crippen molar-refractivity contribution in [3.05, 3.63) is 18.0 Å². The smallest absolute Gasteiger partial charge is 0.160 e. The van der Waals surface area contributed by atoms with Gasteiger partial charge in [0.25, 0.3) is 0 Å². The molecule has 1 aromatic rings. The molecule has 1 rings (SSSR count). The molecule has 1 N–H and O–H groups in total. The molecular formula is C12H20N2O. The maximum absolute atomic E-state index is 5.23. The number of methoxy groups -OCH3 is 1. The number of hydrogen-bond acceptors (Lipinski definition) is 3. The summed E-state index contributed by atoms with van der Waals surface area (Å²) in [5, 5.41) is 3.37. The molecule has 84 valence electrons. The SMILES string of the molecule is COc1cnc(C)cc1NCCC(C)C. The molecule has 0 aliphatic heterocycles. The van der Waals surface area contributed by atoms with E-state index in [-0.39, 0.29) is 0 Å². The lowest BCUT2D eigenvalue weighted by Gasteiger charge is -2.12. The Bertz CT molecular complexity index is 310. The van der Waals surface area contributed by atoms with Crippen molar-refractivity contribution in [3.8, 4) is 5.75 Å². The first-order valence-electron chi connectivity index (χ1n) is 5.38. The Balaban J connectivity index is 2.62. The number of anilines is 1. The highest BCUT2D eigenvalue weighted by Gasteiger charge is 2.03. The fourth-order valence-electron chi connectivity index (χ4n) is 1.34. The van der Waals surface area contributed by atoms with Crippen LogP contribution < -0.4 is 10.1 Å².